The topological polar surface area (TPSA) is 67.9 Å². The van der Waals surface area contributed by atoms with Gasteiger partial charge in [0.15, 0.2) is 6.61 Å². The van der Waals surface area contributed by atoms with Gasteiger partial charge < -0.3 is 19.7 Å². The molecule has 3 aromatic rings. The zero-order valence-corrected chi connectivity index (χ0v) is 21.5. The molecule has 1 aliphatic heterocycles. The summed E-state index contributed by atoms with van der Waals surface area (Å²) in [5, 5.41) is 2.95. The Labute approximate surface area is 213 Å². The summed E-state index contributed by atoms with van der Waals surface area (Å²) < 4.78 is 11.5. The van der Waals surface area contributed by atoms with Crippen LogP contribution in [0.1, 0.15) is 55.1 Å². The van der Waals surface area contributed by atoms with Crippen molar-refractivity contribution in [3.05, 3.63) is 83.4 Å². The Morgan fingerprint density at radius 2 is 1.81 bits per heavy atom. The van der Waals surface area contributed by atoms with Crippen molar-refractivity contribution < 1.29 is 19.1 Å². The number of ether oxygens (including phenoxy) is 2. The first-order valence-corrected chi connectivity index (χ1v) is 12.4. The second kappa shape index (κ2) is 10.9. The van der Waals surface area contributed by atoms with Gasteiger partial charge in [-0.15, -0.1) is 0 Å². The van der Waals surface area contributed by atoms with E-state index in [4.69, 9.17) is 9.47 Å². The van der Waals surface area contributed by atoms with E-state index in [1.807, 2.05) is 55.5 Å². The number of rotatable bonds is 8. The van der Waals surface area contributed by atoms with E-state index in [2.05, 4.69) is 26.1 Å². The average molecular weight is 487 g/mol. The van der Waals surface area contributed by atoms with Crippen LogP contribution in [0.25, 0.3) is 0 Å². The van der Waals surface area contributed by atoms with E-state index in [0.717, 1.165) is 24.2 Å². The number of hydrogen-bond acceptors (Lipinski definition) is 4. The lowest BCUT2D eigenvalue weighted by Gasteiger charge is -2.30. The molecule has 0 aromatic heterocycles. The molecule has 0 radical (unpaired) electrons. The minimum atomic E-state index is -0.196. The molecule has 1 aliphatic rings. The van der Waals surface area contributed by atoms with Crippen molar-refractivity contribution in [2.45, 2.75) is 46.0 Å². The van der Waals surface area contributed by atoms with Crippen LogP contribution >= 0.6 is 0 Å². The number of fused-ring (bicyclic) bond motifs is 1. The molecule has 3 aromatic carbocycles. The van der Waals surface area contributed by atoms with E-state index in [-0.39, 0.29) is 23.8 Å². The van der Waals surface area contributed by atoms with Crippen LogP contribution in [0.3, 0.4) is 0 Å². The lowest BCUT2D eigenvalue weighted by atomic mass is 9.87. The molecule has 0 spiro atoms. The van der Waals surface area contributed by atoms with Gasteiger partial charge in [-0.3, -0.25) is 9.59 Å². The fourth-order valence-corrected chi connectivity index (χ4v) is 4.12. The van der Waals surface area contributed by atoms with Crippen molar-refractivity contribution in [2.75, 3.05) is 30.0 Å². The molecule has 0 saturated carbocycles. The molecule has 6 heteroatoms. The Hall–Kier alpha value is -3.80. The molecule has 6 nitrogen and oxygen atoms in total. The van der Waals surface area contributed by atoms with Crippen molar-refractivity contribution in [1.82, 2.24) is 0 Å². The number of hydrogen-bond donors (Lipinski definition) is 1. The fraction of sp³-hybridized carbons (Fsp3) is 0.333. The number of carbonyl (C=O) groups excluding carboxylic acids is 2. The number of benzene rings is 3. The molecule has 36 heavy (non-hydrogen) atoms. The van der Waals surface area contributed by atoms with Crippen molar-refractivity contribution in [3.63, 3.8) is 0 Å². The van der Waals surface area contributed by atoms with Gasteiger partial charge in [0.05, 0.1) is 12.3 Å². The standard InChI is InChI=1S/C30H34N2O4/c1-21-8-7-9-25(18-21)35-17-6-5-16-32-26-19-24(14-15-27(26)36-20-28(32)33)31-29(34)22-10-12-23(13-11-22)30(2,3)4/h7-15,18-19H,5-6,16-17,20H2,1-4H3,(H,31,34). The van der Waals surface area contributed by atoms with Gasteiger partial charge in [-0.1, -0.05) is 45.0 Å². The second-order valence-electron chi connectivity index (χ2n) is 10.2. The highest BCUT2D eigenvalue weighted by molar-refractivity contribution is 6.05. The van der Waals surface area contributed by atoms with E-state index in [1.165, 1.54) is 5.56 Å². The Balaban J connectivity index is 1.37. The number of aryl methyl sites for hydroxylation is 1. The number of carbonyl (C=O) groups is 2. The van der Waals surface area contributed by atoms with Crippen LogP contribution < -0.4 is 19.7 Å². The summed E-state index contributed by atoms with van der Waals surface area (Å²) in [6, 6.07) is 21.0. The molecule has 1 heterocycles. The molecule has 0 bridgehead atoms. The van der Waals surface area contributed by atoms with Gasteiger partial charge in [-0.05, 0) is 78.8 Å². The van der Waals surface area contributed by atoms with Crippen LogP contribution in [0.15, 0.2) is 66.7 Å². The SMILES string of the molecule is Cc1cccc(OCCCCN2C(=O)COc3ccc(NC(=O)c4ccc(C(C)(C)C)cc4)cc32)c1. The van der Waals surface area contributed by atoms with E-state index in [9.17, 15) is 9.59 Å². The molecular weight excluding hydrogens is 452 g/mol. The molecule has 2 amide bonds. The average Bonchev–Trinajstić information content (AvgIpc) is 2.84. The normalized spacial score (nSPS) is 13.1. The van der Waals surface area contributed by atoms with Gasteiger partial charge in [0.1, 0.15) is 11.5 Å². The molecule has 0 atom stereocenters. The first kappa shape index (κ1) is 25.3. The van der Waals surface area contributed by atoms with Gasteiger partial charge in [-0.25, -0.2) is 0 Å². The highest BCUT2D eigenvalue weighted by Gasteiger charge is 2.25. The maximum absolute atomic E-state index is 12.8. The van der Waals surface area contributed by atoms with E-state index < -0.39 is 0 Å². The Kier molecular flexibility index (Phi) is 7.63. The molecule has 4 rings (SSSR count). The van der Waals surface area contributed by atoms with Crippen LogP contribution in [0, 0.1) is 6.92 Å². The lowest BCUT2D eigenvalue weighted by molar-refractivity contribution is -0.121. The molecule has 0 saturated heterocycles. The molecule has 0 unspecified atom stereocenters. The second-order valence-corrected chi connectivity index (χ2v) is 10.2. The van der Waals surface area contributed by atoms with Crippen LogP contribution in [-0.2, 0) is 10.2 Å². The van der Waals surface area contributed by atoms with Gasteiger partial charge in [0, 0.05) is 17.8 Å². The van der Waals surface area contributed by atoms with Crippen LogP contribution in [0.5, 0.6) is 11.5 Å². The summed E-state index contributed by atoms with van der Waals surface area (Å²) in [7, 11) is 0. The Bertz CT molecular complexity index is 1230. The number of nitrogens with zero attached hydrogens (tertiary/aromatic N) is 1. The maximum atomic E-state index is 12.8. The highest BCUT2D eigenvalue weighted by atomic mass is 16.5. The summed E-state index contributed by atoms with van der Waals surface area (Å²) in [5.74, 6) is 1.20. The number of unbranched alkanes of at least 4 members (excludes halogenated alkanes) is 1. The monoisotopic (exact) mass is 486 g/mol. The molecule has 0 fully saturated rings. The first-order chi connectivity index (χ1) is 17.2. The van der Waals surface area contributed by atoms with Gasteiger partial charge >= 0.3 is 0 Å². The highest BCUT2D eigenvalue weighted by Crippen LogP contribution is 2.35. The molecular formula is C30H34N2O4. The minimum Gasteiger partial charge on any atom is -0.494 e. The zero-order chi connectivity index (χ0) is 25.7. The van der Waals surface area contributed by atoms with Crippen molar-refractivity contribution in [2.24, 2.45) is 0 Å². The number of amides is 2. The third-order valence-corrected chi connectivity index (χ3v) is 6.21. The Morgan fingerprint density at radius 1 is 1.03 bits per heavy atom. The summed E-state index contributed by atoms with van der Waals surface area (Å²) >= 11 is 0. The third kappa shape index (κ3) is 6.25. The summed E-state index contributed by atoms with van der Waals surface area (Å²) in [5.41, 5.74) is 4.22. The predicted molar refractivity (Wildman–Crippen MR) is 143 cm³/mol. The summed E-state index contributed by atoms with van der Waals surface area (Å²) in [6.45, 7) is 9.60. The fourth-order valence-electron chi connectivity index (χ4n) is 4.12. The summed E-state index contributed by atoms with van der Waals surface area (Å²) in [6.07, 6.45) is 1.60. The third-order valence-electron chi connectivity index (χ3n) is 6.21. The van der Waals surface area contributed by atoms with Gasteiger partial charge in [-0.2, -0.15) is 0 Å². The number of anilines is 2. The van der Waals surface area contributed by atoms with E-state index in [1.54, 1.807) is 23.1 Å². The van der Waals surface area contributed by atoms with Crippen LogP contribution in [0.2, 0.25) is 0 Å². The van der Waals surface area contributed by atoms with E-state index >= 15 is 0 Å². The summed E-state index contributed by atoms with van der Waals surface area (Å²) in [4.78, 5) is 27.2. The number of nitrogens with one attached hydrogen (secondary N) is 1. The molecule has 0 aliphatic carbocycles. The molecule has 1 N–H and O–H groups in total. The van der Waals surface area contributed by atoms with E-state index in [0.29, 0.717) is 35.8 Å². The maximum Gasteiger partial charge on any atom is 0.265 e. The van der Waals surface area contributed by atoms with Crippen molar-refractivity contribution in [3.8, 4) is 11.5 Å². The van der Waals surface area contributed by atoms with Crippen molar-refractivity contribution in [1.29, 1.82) is 0 Å². The minimum absolute atomic E-state index is 0.0125. The predicted octanol–water partition coefficient (Wildman–Crippen LogP) is 6.13. The van der Waals surface area contributed by atoms with Gasteiger partial charge in [0.2, 0.25) is 0 Å². The Morgan fingerprint density at radius 3 is 2.53 bits per heavy atom. The first-order valence-electron chi connectivity index (χ1n) is 12.4. The van der Waals surface area contributed by atoms with Crippen LogP contribution in [-0.4, -0.2) is 31.6 Å². The smallest absolute Gasteiger partial charge is 0.265 e. The lowest BCUT2D eigenvalue weighted by Crippen LogP contribution is -2.39. The zero-order valence-electron chi connectivity index (χ0n) is 21.5. The molecule has 188 valence electrons. The van der Waals surface area contributed by atoms with Crippen LogP contribution in [0.4, 0.5) is 11.4 Å². The largest absolute Gasteiger partial charge is 0.494 e. The van der Waals surface area contributed by atoms with Gasteiger partial charge in [0.25, 0.3) is 11.8 Å². The quantitative estimate of drug-likeness (QED) is 0.389. The van der Waals surface area contributed by atoms with Crippen molar-refractivity contribution >= 4 is 23.2 Å².